The van der Waals surface area contributed by atoms with Gasteiger partial charge < -0.3 is 20.4 Å². The Kier molecular flexibility index (Phi) is 9.28. The van der Waals surface area contributed by atoms with Gasteiger partial charge in [-0.1, -0.05) is 24.3 Å². The molecule has 0 aliphatic carbocycles. The Bertz CT molecular complexity index is 1530. The fourth-order valence-electron chi connectivity index (χ4n) is 3.73. The summed E-state index contributed by atoms with van der Waals surface area (Å²) in [7, 11) is -3.70. The number of benzene rings is 2. The lowest BCUT2D eigenvalue weighted by Gasteiger charge is -2.09. The van der Waals surface area contributed by atoms with Crippen LogP contribution in [0.4, 0.5) is 15.0 Å². The standard InChI is InChI=1S/C25H27ClFN7O4S/c26-24-32-22(28)21-23(33-24)34(16-30-21)13-1-2-14-38-25(35)29-15-18-5-9-20(10-6-18)39(36,37)31-12-11-17-3-7-19(27)8-4-17/h3-10,16,31H,1-2,11-15H2,(H,29,35)(H2,28,32,33). The number of nitrogen functional groups attached to an aromatic ring is 1. The number of amides is 1. The van der Waals surface area contributed by atoms with Gasteiger partial charge in [0.15, 0.2) is 11.5 Å². The van der Waals surface area contributed by atoms with E-state index in [1.807, 2.05) is 4.57 Å². The second-order valence-electron chi connectivity index (χ2n) is 8.60. The van der Waals surface area contributed by atoms with E-state index in [1.165, 1.54) is 24.3 Å². The van der Waals surface area contributed by atoms with E-state index >= 15 is 0 Å². The Hall–Kier alpha value is -3.81. The van der Waals surface area contributed by atoms with Crippen LogP contribution in [0.25, 0.3) is 11.2 Å². The molecule has 0 spiro atoms. The highest BCUT2D eigenvalue weighted by atomic mass is 35.5. The number of hydrogen-bond acceptors (Lipinski definition) is 8. The number of hydrogen-bond donors (Lipinski definition) is 3. The maximum Gasteiger partial charge on any atom is 0.407 e. The average molecular weight is 576 g/mol. The number of carbonyl (C=O) groups is 1. The molecule has 14 heteroatoms. The third-order valence-electron chi connectivity index (χ3n) is 5.78. The molecule has 39 heavy (non-hydrogen) atoms. The number of nitrogens with two attached hydrogens (primary N) is 1. The van der Waals surface area contributed by atoms with E-state index in [4.69, 9.17) is 22.1 Å². The highest BCUT2D eigenvalue weighted by molar-refractivity contribution is 7.89. The van der Waals surface area contributed by atoms with Crippen molar-refractivity contribution in [2.24, 2.45) is 0 Å². The monoisotopic (exact) mass is 575 g/mol. The normalized spacial score (nSPS) is 11.5. The zero-order valence-corrected chi connectivity index (χ0v) is 22.4. The van der Waals surface area contributed by atoms with Crippen molar-refractivity contribution in [1.29, 1.82) is 0 Å². The summed E-state index contributed by atoms with van der Waals surface area (Å²) in [6.45, 7) is 1.17. The quantitative estimate of drug-likeness (QED) is 0.171. The number of rotatable bonds is 12. The van der Waals surface area contributed by atoms with E-state index in [1.54, 1.807) is 30.6 Å². The Balaban J connectivity index is 1.14. The third-order valence-corrected chi connectivity index (χ3v) is 7.43. The summed E-state index contributed by atoms with van der Waals surface area (Å²) < 4.78 is 47.6. The second kappa shape index (κ2) is 12.8. The summed E-state index contributed by atoms with van der Waals surface area (Å²) in [5, 5.41) is 2.69. The summed E-state index contributed by atoms with van der Waals surface area (Å²) in [4.78, 5) is 24.3. The second-order valence-corrected chi connectivity index (χ2v) is 10.7. The molecule has 0 aliphatic rings. The zero-order valence-electron chi connectivity index (χ0n) is 20.8. The molecule has 1 amide bonds. The number of imidazole rings is 1. The fraction of sp³-hybridized carbons (Fsp3) is 0.280. The molecular weight excluding hydrogens is 549 g/mol. The Morgan fingerprint density at radius 3 is 2.51 bits per heavy atom. The summed E-state index contributed by atoms with van der Waals surface area (Å²) in [6.07, 6.45) is 2.79. The van der Waals surface area contributed by atoms with Crippen molar-refractivity contribution in [2.75, 3.05) is 18.9 Å². The van der Waals surface area contributed by atoms with E-state index in [2.05, 4.69) is 25.0 Å². The number of aryl methyl sites for hydroxylation is 1. The molecule has 206 valence electrons. The molecule has 0 bridgehead atoms. The van der Waals surface area contributed by atoms with E-state index < -0.39 is 16.1 Å². The van der Waals surface area contributed by atoms with Gasteiger partial charge in [-0.25, -0.2) is 27.3 Å². The van der Waals surface area contributed by atoms with Crippen LogP contribution in [0.2, 0.25) is 5.28 Å². The summed E-state index contributed by atoms with van der Waals surface area (Å²) in [5.41, 5.74) is 8.37. The molecule has 4 aromatic rings. The minimum Gasteiger partial charge on any atom is -0.450 e. The average Bonchev–Trinajstić information content (AvgIpc) is 3.31. The first-order chi connectivity index (χ1) is 18.7. The number of anilines is 1. The number of alkyl carbamates (subject to hydrolysis) is 1. The summed E-state index contributed by atoms with van der Waals surface area (Å²) in [5.74, 6) is -0.123. The van der Waals surface area contributed by atoms with Crippen LogP contribution in [-0.2, 0) is 34.3 Å². The minimum atomic E-state index is -3.70. The van der Waals surface area contributed by atoms with Crippen molar-refractivity contribution >= 4 is 44.7 Å². The minimum absolute atomic E-state index is 0.0493. The largest absolute Gasteiger partial charge is 0.450 e. The SMILES string of the molecule is Nc1nc(Cl)nc2c1ncn2CCCCOC(=O)NCc1ccc(S(=O)(=O)NCCc2ccc(F)cc2)cc1. The van der Waals surface area contributed by atoms with Gasteiger partial charge in [-0.2, -0.15) is 9.97 Å². The van der Waals surface area contributed by atoms with Crippen molar-refractivity contribution in [1.82, 2.24) is 29.6 Å². The van der Waals surface area contributed by atoms with Gasteiger partial charge in [0.25, 0.3) is 0 Å². The first kappa shape index (κ1) is 28.2. The summed E-state index contributed by atoms with van der Waals surface area (Å²) >= 11 is 5.87. The van der Waals surface area contributed by atoms with Gasteiger partial charge >= 0.3 is 6.09 Å². The van der Waals surface area contributed by atoms with Crippen LogP contribution in [0.3, 0.4) is 0 Å². The molecular formula is C25H27ClFN7O4S. The fourth-order valence-corrected chi connectivity index (χ4v) is 4.93. The highest BCUT2D eigenvalue weighted by Crippen LogP contribution is 2.18. The number of carbonyl (C=O) groups excluding carboxylic acids is 1. The third kappa shape index (κ3) is 7.85. The maximum atomic E-state index is 13.0. The molecule has 0 saturated heterocycles. The molecule has 4 rings (SSSR count). The molecule has 2 aromatic carbocycles. The molecule has 0 unspecified atom stereocenters. The predicted octanol–water partition coefficient (Wildman–Crippen LogP) is 3.43. The van der Waals surface area contributed by atoms with Crippen LogP contribution < -0.4 is 15.8 Å². The zero-order chi connectivity index (χ0) is 27.8. The van der Waals surface area contributed by atoms with Crippen molar-refractivity contribution in [3.63, 3.8) is 0 Å². The molecule has 2 heterocycles. The van der Waals surface area contributed by atoms with E-state index in [0.717, 1.165) is 5.56 Å². The van der Waals surface area contributed by atoms with Crippen LogP contribution >= 0.6 is 11.6 Å². The summed E-state index contributed by atoms with van der Waals surface area (Å²) in [6, 6.07) is 12.1. The molecule has 0 atom stereocenters. The molecule has 4 N–H and O–H groups in total. The molecule has 0 fully saturated rings. The molecule has 0 radical (unpaired) electrons. The van der Waals surface area contributed by atoms with Crippen LogP contribution in [0.5, 0.6) is 0 Å². The van der Waals surface area contributed by atoms with Crippen LogP contribution in [-0.4, -0.2) is 47.2 Å². The lowest BCUT2D eigenvalue weighted by atomic mass is 10.1. The number of unbranched alkanes of at least 4 members (excludes halogenated alkanes) is 1. The van der Waals surface area contributed by atoms with Crippen LogP contribution in [0, 0.1) is 5.82 Å². The highest BCUT2D eigenvalue weighted by Gasteiger charge is 2.14. The molecule has 0 aliphatic heterocycles. The van der Waals surface area contributed by atoms with Gasteiger partial charge in [0, 0.05) is 19.6 Å². The van der Waals surface area contributed by atoms with E-state index in [9.17, 15) is 17.6 Å². The van der Waals surface area contributed by atoms with E-state index in [0.29, 0.717) is 42.5 Å². The number of halogens is 2. The predicted molar refractivity (Wildman–Crippen MR) is 144 cm³/mol. The van der Waals surface area contributed by atoms with Crippen LogP contribution in [0.1, 0.15) is 24.0 Å². The molecule has 11 nitrogen and oxygen atoms in total. The van der Waals surface area contributed by atoms with Gasteiger partial charge in [0.05, 0.1) is 17.8 Å². The number of nitrogens with one attached hydrogen (secondary N) is 2. The van der Waals surface area contributed by atoms with Gasteiger partial charge in [-0.3, -0.25) is 0 Å². The van der Waals surface area contributed by atoms with Crippen LogP contribution in [0.15, 0.2) is 59.8 Å². The number of ether oxygens (including phenoxy) is 1. The van der Waals surface area contributed by atoms with Gasteiger partial charge in [-0.15, -0.1) is 0 Å². The van der Waals surface area contributed by atoms with Crippen molar-refractivity contribution in [2.45, 2.75) is 37.2 Å². The number of aromatic nitrogens is 4. The lowest BCUT2D eigenvalue weighted by molar-refractivity contribution is 0.143. The van der Waals surface area contributed by atoms with E-state index in [-0.39, 0.29) is 41.5 Å². The smallest absolute Gasteiger partial charge is 0.407 e. The number of sulfonamides is 1. The van der Waals surface area contributed by atoms with Crippen molar-refractivity contribution in [3.05, 3.63) is 77.1 Å². The Morgan fingerprint density at radius 2 is 1.77 bits per heavy atom. The Labute approximate surface area is 229 Å². The molecule has 0 saturated carbocycles. The lowest BCUT2D eigenvalue weighted by Crippen LogP contribution is -2.26. The topological polar surface area (TPSA) is 154 Å². The maximum absolute atomic E-state index is 13.0. The first-order valence-corrected chi connectivity index (χ1v) is 13.9. The first-order valence-electron chi connectivity index (χ1n) is 12.1. The Morgan fingerprint density at radius 1 is 1.05 bits per heavy atom. The number of fused-ring (bicyclic) bond motifs is 1. The molecule has 2 aromatic heterocycles. The number of nitrogens with zero attached hydrogens (tertiary/aromatic N) is 4. The van der Waals surface area contributed by atoms with Gasteiger partial charge in [0.2, 0.25) is 15.3 Å². The van der Waals surface area contributed by atoms with Crippen molar-refractivity contribution < 1.29 is 22.3 Å². The van der Waals surface area contributed by atoms with Gasteiger partial charge in [0.1, 0.15) is 11.3 Å². The van der Waals surface area contributed by atoms with Crippen molar-refractivity contribution in [3.8, 4) is 0 Å². The van der Waals surface area contributed by atoms with Gasteiger partial charge in [-0.05, 0) is 66.3 Å².